The van der Waals surface area contributed by atoms with E-state index in [-0.39, 0.29) is 0 Å². The zero-order chi connectivity index (χ0) is 14.7. The first-order valence-electron chi connectivity index (χ1n) is 7.08. The van der Waals surface area contributed by atoms with E-state index in [0.29, 0.717) is 12.6 Å². The van der Waals surface area contributed by atoms with Gasteiger partial charge in [-0.3, -0.25) is 4.90 Å². The number of furan rings is 1. The number of nitrogens with zero attached hydrogens (tertiary/aromatic N) is 2. The van der Waals surface area contributed by atoms with Crippen LogP contribution in [0.4, 0.5) is 0 Å². The lowest BCUT2D eigenvalue weighted by Crippen LogP contribution is -2.56. The average Bonchev–Trinajstić information content (AvgIpc) is 3.03. The van der Waals surface area contributed by atoms with Crippen LogP contribution < -0.4 is 5.32 Å². The Hall–Kier alpha value is -1.85. The van der Waals surface area contributed by atoms with Gasteiger partial charge in [-0.15, -0.1) is 0 Å². The molecule has 0 aliphatic carbocycles. The van der Waals surface area contributed by atoms with Crippen molar-refractivity contribution in [1.29, 1.82) is 0 Å². The summed E-state index contributed by atoms with van der Waals surface area (Å²) in [6.45, 7) is 4.47. The third-order valence-corrected chi connectivity index (χ3v) is 4.23. The molecule has 1 aliphatic heterocycles. The molecule has 1 aliphatic rings. The van der Waals surface area contributed by atoms with E-state index >= 15 is 0 Å². The van der Waals surface area contributed by atoms with Gasteiger partial charge in [-0.2, -0.15) is 0 Å². The van der Waals surface area contributed by atoms with Crippen LogP contribution >= 0.6 is 12.2 Å². The lowest BCUT2D eigenvalue weighted by Gasteiger charge is -2.40. The van der Waals surface area contributed by atoms with Gasteiger partial charge in [0.25, 0.3) is 0 Å². The Labute approximate surface area is 130 Å². The molecule has 0 spiro atoms. The van der Waals surface area contributed by atoms with E-state index in [1.807, 2.05) is 18.2 Å². The van der Waals surface area contributed by atoms with Crippen molar-refractivity contribution in [2.75, 3.05) is 13.3 Å². The second-order valence-corrected chi connectivity index (χ2v) is 5.62. The van der Waals surface area contributed by atoms with Gasteiger partial charge in [0, 0.05) is 6.04 Å². The highest BCUT2D eigenvalue weighted by Gasteiger charge is 2.25. The number of nitrogens with one attached hydrogen (secondary N) is 1. The number of hydrogen-bond acceptors (Lipinski definition) is 3. The minimum absolute atomic E-state index is 0.334. The summed E-state index contributed by atoms with van der Waals surface area (Å²) in [4.78, 5) is 4.48. The van der Waals surface area contributed by atoms with E-state index in [9.17, 15) is 0 Å². The molecule has 1 aromatic carbocycles. The Balaban J connectivity index is 1.69. The van der Waals surface area contributed by atoms with Crippen LogP contribution in [0.3, 0.4) is 0 Å². The molecule has 1 aromatic heterocycles. The largest absolute Gasteiger partial charge is 0.467 e. The van der Waals surface area contributed by atoms with Gasteiger partial charge in [0.2, 0.25) is 0 Å². The molecule has 1 atom stereocenters. The Morgan fingerprint density at radius 2 is 2.05 bits per heavy atom. The van der Waals surface area contributed by atoms with Gasteiger partial charge in [-0.05, 0) is 36.8 Å². The molecule has 2 heterocycles. The van der Waals surface area contributed by atoms with Crippen molar-refractivity contribution in [2.24, 2.45) is 0 Å². The molecule has 0 radical (unpaired) electrons. The van der Waals surface area contributed by atoms with Crippen molar-refractivity contribution in [3.8, 4) is 0 Å². The fraction of sp³-hybridized carbons (Fsp3) is 0.312. The highest BCUT2D eigenvalue weighted by molar-refractivity contribution is 7.80. The smallest absolute Gasteiger partial charge is 0.171 e. The summed E-state index contributed by atoms with van der Waals surface area (Å²) < 4.78 is 5.42. The third kappa shape index (κ3) is 3.25. The summed E-state index contributed by atoms with van der Waals surface area (Å²) >= 11 is 5.40. The molecule has 0 saturated carbocycles. The summed E-state index contributed by atoms with van der Waals surface area (Å²) in [6.07, 6.45) is 1.69. The van der Waals surface area contributed by atoms with E-state index in [1.165, 1.54) is 5.56 Å². The second kappa shape index (κ2) is 6.28. The summed E-state index contributed by atoms with van der Waals surface area (Å²) in [5.41, 5.74) is 1.31. The van der Waals surface area contributed by atoms with Crippen LogP contribution in [0.5, 0.6) is 0 Å². The van der Waals surface area contributed by atoms with Gasteiger partial charge in [0.15, 0.2) is 5.11 Å². The standard InChI is InChI=1S/C16H19N3OS/c1-13(14-6-3-2-4-7-14)19-11-17-16(21)18(12-19)10-15-8-5-9-20-15/h2-9,13H,10-12H2,1H3,(H,17,21). The molecule has 2 aromatic rings. The second-order valence-electron chi connectivity index (χ2n) is 5.23. The molecular formula is C16H19N3OS. The molecule has 5 heteroatoms. The Morgan fingerprint density at radius 3 is 2.76 bits per heavy atom. The fourth-order valence-electron chi connectivity index (χ4n) is 2.53. The quantitative estimate of drug-likeness (QED) is 0.878. The number of benzene rings is 1. The lowest BCUT2D eigenvalue weighted by molar-refractivity contribution is 0.105. The Kier molecular flexibility index (Phi) is 4.22. The summed E-state index contributed by atoms with van der Waals surface area (Å²) in [5.74, 6) is 0.924. The lowest BCUT2D eigenvalue weighted by atomic mass is 10.1. The van der Waals surface area contributed by atoms with Gasteiger partial charge >= 0.3 is 0 Å². The molecular weight excluding hydrogens is 282 g/mol. The van der Waals surface area contributed by atoms with E-state index in [4.69, 9.17) is 16.6 Å². The monoisotopic (exact) mass is 301 g/mol. The van der Waals surface area contributed by atoms with Crippen molar-refractivity contribution in [3.05, 3.63) is 60.1 Å². The summed E-state index contributed by atoms with van der Waals surface area (Å²) in [5, 5.41) is 4.07. The zero-order valence-corrected chi connectivity index (χ0v) is 12.8. The first-order valence-corrected chi connectivity index (χ1v) is 7.49. The average molecular weight is 301 g/mol. The Bertz CT molecular complexity index is 585. The number of hydrogen-bond donors (Lipinski definition) is 1. The fourth-order valence-corrected chi connectivity index (χ4v) is 2.72. The maximum absolute atomic E-state index is 5.42. The molecule has 3 rings (SSSR count). The van der Waals surface area contributed by atoms with Crippen LogP contribution in [0.1, 0.15) is 24.3 Å². The minimum Gasteiger partial charge on any atom is -0.467 e. The molecule has 1 saturated heterocycles. The van der Waals surface area contributed by atoms with Crippen molar-refractivity contribution >= 4 is 17.3 Å². The van der Waals surface area contributed by atoms with E-state index in [2.05, 4.69) is 46.3 Å². The van der Waals surface area contributed by atoms with Crippen LogP contribution in [0.15, 0.2) is 53.1 Å². The molecule has 1 fully saturated rings. The van der Waals surface area contributed by atoms with E-state index < -0.39 is 0 Å². The van der Waals surface area contributed by atoms with Gasteiger partial charge < -0.3 is 14.6 Å². The predicted octanol–water partition coefficient (Wildman–Crippen LogP) is 2.95. The number of rotatable bonds is 4. The van der Waals surface area contributed by atoms with Crippen molar-refractivity contribution in [1.82, 2.24) is 15.1 Å². The molecule has 0 amide bonds. The highest BCUT2D eigenvalue weighted by atomic mass is 32.1. The van der Waals surface area contributed by atoms with Crippen LogP contribution in [0.25, 0.3) is 0 Å². The molecule has 21 heavy (non-hydrogen) atoms. The van der Waals surface area contributed by atoms with Crippen LogP contribution in [-0.4, -0.2) is 28.2 Å². The predicted molar refractivity (Wildman–Crippen MR) is 86.4 cm³/mol. The van der Waals surface area contributed by atoms with Crippen LogP contribution in [0.2, 0.25) is 0 Å². The molecule has 4 nitrogen and oxygen atoms in total. The van der Waals surface area contributed by atoms with Gasteiger partial charge in [0.05, 0.1) is 26.1 Å². The zero-order valence-electron chi connectivity index (χ0n) is 12.0. The highest BCUT2D eigenvalue weighted by Crippen LogP contribution is 2.21. The van der Waals surface area contributed by atoms with Crippen LogP contribution in [0, 0.1) is 0 Å². The van der Waals surface area contributed by atoms with Gasteiger partial charge in [-0.25, -0.2) is 0 Å². The molecule has 1 N–H and O–H groups in total. The van der Waals surface area contributed by atoms with E-state index in [1.54, 1.807) is 6.26 Å². The molecule has 110 valence electrons. The normalized spacial score (nSPS) is 17.6. The van der Waals surface area contributed by atoms with Crippen molar-refractivity contribution in [3.63, 3.8) is 0 Å². The van der Waals surface area contributed by atoms with Crippen LogP contribution in [-0.2, 0) is 6.54 Å². The first kappa shape index (κ1) is 14.1. The van der Waals surface area contributed by atoms with Crippen molar-refractivity contribution < 1.29 is 4.42 Å². The maximum atomic E-state index is 5.42. The third-order valence-electron chi connectivity index (χ3n) is 3.83. The van der Waals surface area contributed by atoms with E-state index in [0.717, 1.165) is 24.2 Å². The topological polar surface area (TPSA) is 31.6 Å². The minimum atomic E-state index is 0.334. The molecule has 1 unspecified atom stereocenters. The van der Waals surface area contributed by atoms with Gasteiger partial charge in [0.1, 0.15) is 5.76 Å². The Morgan fingerprint density at radius 1 is 1.24 bits per heavy atom. The first-order chi connectivity index (χ1) is 10.2. The van der Waals surface area contributed by atoms with Crippen molar-refractivity contribution in [2.45, 2.75) is 19.5 Å². The molecule has 0 bridgehead atoms. The number of thiocarbonyl (C=S) groups is 1. The summed E-state index contributed by atoms with van der Waals surface area (Å²) in [7, 11) is 0. The summed E-state index contributed by atoms with van der Waals surface area (Å²) in [6, 6.07) is 14.7. The SMILES string of the molecule is CC(c1ccccc1)N1CNC(=S)N(Cc2ccco2)C1. The van der Waals surface area contributed by atoms with Gasteiger partial charge in [-0.1, -0.05) is 30.3 Å². The maximum Gasteiger partial charge on any atom is 0.171 e.